The van der Waals surface area contributed by atoms with E-state index in [-0.39, 0.29) is 0 Å². The van der Waals surface area contributed by atoms with E-state index in [4.69, 9.17) is 4.74 Å². The molecule has 2 heterocycles. The van der Waals surface area contributed by atoms with Gasteiger partial charge in [-0.3, -0.25) is 9.69 Å². The average Bonchev–Trinajstić information content (AvgIpc) is 2.40. The second-order valence-corrected chi connectivity index (χ2v) is 5.77. The molecular weight excluding hydrogens is 228 g/mol. The molecule has 0 aromatic heterocycles. The largest absolute Gasteiger partial charge is 0.381 e. The number of hydrogen-bond donors (Lipinski definition) is 0. The molecule has 0 bridgehead atoms. The fourth-order valence-corrected chi connectivity index (χ4v) is 2.85. The van der Waals surface area contributed by atoms with Crippen LogP contribution in [0.15, 0.2) is 0 Å². The highest BCUT2D eigenvalue weighted by molar-refractivity contribution is 5.78. The summed E-state index contributed by atoms with van der Waals surface area (Å²) in [5.41, 5.74) is 0. The van der Waals surface area contributed by atoms with Crippen LogP contribution in [0.1, 0.15) is 32.6 Å². The lowest BCUT2D eigenvalue weighted by Crippen LogP contribution is -2.46. The topological polar surface area (TPSA) is 32.8 Å². The number of hydrogen-bond acceptors (Lipinski definition) is 3. The SMILES string of the molecule is COC1CCN(CC(=O)N2CCC(C)CC2)CC1. The Morgan fingerprint density at radius 3 is 2.28 bits per heavy atom. The number of rotatable bonds is 3. The molecule has 1 amide bonds. The molecule has 2 fully saturated rings. The van der Waals surface area contributed by atoms with Crippen molar-refractivity contribution in [3.8, 4) is 0 Å². The number of methoxy groups -OCH3 is 1. The number of likely N-dealkylation sites (tertiary alicyclic amines) is 2. The Balaban J connectivity index is 1.71. The Hall–Kier alpha value is -0.610. The lowest BCUT2D eigenvalue weighted by atomic mass is 9.99. The van der Waals surface area contributed by atoms with Gasteiger partial charge in [-0.15, -0.1) is 0 Å². The predicted molar refractivity (Wildman–Crippen MR) is 71.4 cm³/mol. The van der Waals surface area contributed by atoms with E-state index >= 15 is 0 Å². The molecule has 2 saturated heterocycles. The zero-order valence-electron chi connectivity index (χ0n) is 11.7. The van der Waals surface area contributed by atoms with Gasteiger partial charge in [-0.1, -0.05) is 6.92 Å². The van der Waals surface area contributed by atoms with E-state index < -0.39 is 0 Å². The van der Waals surface area contributed by atoms with Crippen LogP contribution in [-0.4, -0.2) is 61.6 Å². The maximum Gasteiger partial charge on any atom is 0.236 e. The molecule has 2 aliphatic heterocycles. The van der Waals surface area contributed by atoms with E-state index in [1.807, 2.05) is 4.90 Å². The van der Waals surface area contributed by atoms with Crippen LogP contribution < -0.4 is 0 Å². The van der Waals surface area contributed by atoms with Crippen molar-refractivity contribution in [3.63, 3.8) is 0 Å². The molecule has 0 N–H and O–H groups in total. The van der Waals surface area contributed by atoms with E-state index in [9.17, 15) is 4.79 Å². The van der Waals surface area contributed by atoms with Gasteiger partial charge in [0.1, 0.15) is 0 Å². The molecule has 0 aromatic rings. The number of piperidine rings is 2. The fourth-order valence-electron chi connectivity index (χ4n) is 2.85. The highest BCUT2D eigenvalue weighted by Gasteiger charge is 2.24. The summed E-state index contributed by atoms with van der Waals surface area (Å²) in [4.78, 5) is 16.5. The summed E-state index contributed by atoms with van der Waals surface area (Å²) in [5, 5.41) is 0. The molecule has 4 nitrogen and oxygen atoms in total. The Morgan fingerprint density at radius 2 is 1.72 bits per heavy atom. The minimum absolute atomic E-state index is 0.317. The average molecular weight is 254 g/mol. The van der Waals surface area contributed by atoms with E-state index in [0.717, 1.165) is 57.8 Å². The van der Waals surface area contributed by atoms with Crippen molar-refractivity contribution < 1.29 is 9.53 Å². The van der Waals surface area contributed by atoms with Gasteiger partial charge < -0.3 is 9.64 Å². The van der Waals surface area contributed by atoms with Crippen LogP contribution >= 0.6 is 0 Å². The van der Waals surface area contributed by atoms with Gasteiger partial charge in [0.15, 0.2) is 0 Å². The molecule has 0 radical (unpaired) electrons. The third-order valence-electron chi connectivity index (χ3n) is 4.36. The van der Waals surface area contributed by atoms with Crippen LogP contribution in [0.5, 0.6) is 0 Å². The first kappa shape index (κ1) is 13.8. The Labute approximate surface area is 110 Å². The molecule has 2 rings (SSSR count). The van der Waals surface area contributed by atoms with Gasteiger partial charge in [-0.25, -0.2) is 0 Å². The van der Waals surface area contributed by atoms with Crippen molar-refractivity contribution in [2.75, 3.05) is 39.8 Å². The first-order valence-corrected chi connectivity index (χ1v) is 7.22. The van der Waals surface area contributed by atoms with Crippen LogP contribution in [0.3, 0.4) is 0 Å². The molecule has 0 spiro atoms. The lowest BCUT2D eigenvalue weighted by molar-refractivity contribution is -0.134. The van der Waals surface area contributed by atoms with E-state index in [0.29, 0.717) is 18.6 Å². The quantitative estimate of drug-likeness (QED) is 0.762. The minimum Gasteiger partial charge on any atom is -0.381 e. The zero-order chi connectivity index (χ0) is 13.0. The molecule has 0 atom stereocenters. The van der Waals surface area contributed by atoms with Crippen LogP contribution in [0.25, 0.3) is 0 Å². The highest BCUT2D eigenvalue weighted by atomic mass is 16.5. The summed E-state index contributed by atoms with van der Waals surface area (Å²) in [6.45, 7) is 6.77. The van der Waals surface area contributed by atoms with Crippen molar-refractivity contribution in [2.24, 2.45) is 5.92 Å². The molecule has 4 heteroatoms. The zero-order valence-corrected chi connectivity index (χ0v) is 11.7. The molecule has 18 heavy (non-hydrogen) atoms. The number of carbonyl (C=O) groups excluding carboxylic acids is 1. The van der Waals surface area contributed by atoms with Crippen molar-refractivity contribution in [2.45, 2.75) is 38.7 Å². The van der Waals surface area contributed by atoms with Crippen LogP contribution in [0.4, 0.5) is 0 Å². The van der Waals surface area contributed by atoms with Gasteiger partial charge in [0.05, 0.1) is 12.6 Å². The summed E-state index contributed by atoms with van der Waals surface area (Å²) < 4.78 is 5.35. The number of amides is 1. The number of nitrogens with zero attached hydrogens (tertiary/aromatic N) is 2. The van der Waals surface area contributed by atoms with Gasteiger partial charge in [0.2, 0.25) is 5.91 Å². The summed E-state index contributed by atoms with van der Waals surface area (Å²) in [7, 11) is 1.78. The Morgan fingerprint density at radius 1 is 1.11 bits per heavy atom. The molecular formula is C14H26N2O2. The first-order chi connectivity index (χ1) is 8.69. The van der Waals surface area contributed by atoms with E-state index in [2.05, 4.69) is 11.8 Å². The van der Waals surface area contributed by atoms with Crippen LogP contribution in [0, 0.1) is 5.92 Å². The molecule has 2 aliphatic rings. The molecule has 0 aliphatic carbocycles. The predicted octanol–water partition coefficient (Wildman–Crippen LogP) is 1.36. The lowest BCUT2D eigenvalue weighted by Gasteiger charge is -2.34. The smallest absolute Gasteiger partial charge is 0.236 e. The van der Waals surface area contributed by atoms with Crippen LogP contribution in [-0.2, 0) is 9.53 Å². The van der Waals surface area contributed by atoms with Gasteiger partial charge in [-0.05, 0) is 31.6 Å². The van der Waals surface area contributed by atoms with Gasteiger partial charge in [0.25, 0.3) is 0 Å². The number of ether oxygens (including phenoxy) is 1. The Bertz CT molecular complexity index is 267. The first-order valence-electron chi connectivity index (χ1n) is 7.22. The molecule has 0 aromatic carbocycles. The number of carbonyl (C=O) groups is 1. The summed E-state index contributed by atoms with van der Waals surface area (Å²) in [5.74, 6) is 1.10. The standard InChI is InChI=1S/C14H26N2O2/c1-12-3-9-16(10-4-12)14(17)11-15-7-5-13(18-2)6-8-15/h12-13H,3-11H2,1-2H3. The fraction of sp³-hybridized carbons (Fsp3) is 0.929. The second-order valence-electron chi connectivity index (χ2n) is 5.77. The summed E-state index contributed by atoms with van der Waals surface area (Å²) in [6, 6.07) is 0. The maximum atomic E-state index is 12.2. The third kappa shape index (κ3) is 3.69. The van der Waals surface area contributed by atoms with Gasteiger partial charge in [-0.2, -0.15) is 0 Å². The second kappa shape index (κ2) is 6.53. The maximum absolute atomic E-state index is 12.2. The Kier molecular flexibility index (Phi) is 5.01. The summed E-state index contributed by atoms with van der Waals surface area (Å²) in [6.07, 6.45) is 4.84. The molecule has 0 saturated carbocycles. The van der Waals surface area contributed by atoms with Crippen molar-refractivity contribution in [3.05, 3.63) is 0 Å². The minimum atomic E-state index is 0.317. The van der Waals surface area contributed by atoms with E-state index in [1.54, 1.807) is 7.11 Å². The van der Waals surface area contributed by atoms with Crippen molar-refractivity contribution in [1.29, 1.82) is 0 Å². The summed E-state index contributed by atoms with van der Waals surface area (Å²) >= 11 is 0. The monoisotopic (exact) mass is 254 g/mol. The molecule has 104 valence electrons. The highest BCUT2D eigenvalue weighted by Crippen LogP contribution is 2.17. The molecule has 0 unspecified atom stereocenters. The third-order valence-corrected chi connectivity index (χ3v) is 4.36. The van der Waals surface area contributed by atoms with Crippen molar-refractivity contribution >= 4 is 5.91 Å². The normalized spacial score (nSPS) is 24.4. The van der Waals surface area contributed by atoms with Gasteiger partial charge >= 0.3 is 0 Å². The van der Waals surface area contributed by atoms with E-state index in [1.165, 1.54) is 0 Å². The van der Waals surface area contributed by atoms with Crippen LogP contribution in [0.2, 0.25) is 0 Å². The van der Waals surface area contributed by atoms with Crippen molar-refractivity contribution in [1.82, 2.24) is 9.80 Å². The van der Waals surface area contributed by atoms with Gasteiger partial charge in [0, 0.05) is 33.3 Å².